The molecule has 0 saturated carbocycles. The average Bonchev–Trinajstić information content (AvgIpc) is 2.52. The molecule has 0 aliphatic carbocycles. The van der Waals surface area contributed by atoms with Crippen LogP contribution in [0.5, 0.6) is 0 Å². The quantitative estimate of drug-likeness (QED) is 0.689. The Balaban J connectivity index is 1.69. The number of benzene rings is 2. The molecule has 22 heavy (non-hydrogen) atoms. The van der Waals surface area contributed by atoms with Crippen LogP contribution in [0.25, 0.3) is 0 Å². The summed E-state index contributed by atoms with van der Waals surface area (Å²) < 4.78 is 0. The van der Waals surface area contributed by atoms with Crippen molar-refractivity contribution in [1.29, 1.82) is 0 Å². The molecule has 0 saturated heterocycles. The van der Waals surface area contributed by atoms with Gasteiger partial charge in [-0.25, -0.2) is 0 Å². The first kappa shape index (κ1) is 14.9. The molecule has 1 aliphatic heterocycles. The summed E-state index contributed by atoms with van der Waals surface area (Å²) in [7, 11) is 0. The topological polar surface area (TPSA) is 46.2 Å². The number of carbonyl (C=O) groups excluding carboxylic acids is 2. The van der Waals surface area contributed by atoms with Crippen molar-refractivity contribution in [1.82, 2.24) is 0 Å². The number of hydrogen-bond donors (Lipinski definition) is 1. The number of amides is 1. The lowest BCUT2D eigenvalue weighted by Crippen LogP contribution is -2.19. The van der Waals surface area contributed by atoms with Gasteiger partial charge in [0, 0.05) is 22.6 Å². The second kappa shape index (κ2) is 6.36. The van der Waals surface area contributed by atoms with Gasteiger partial charge in [-0.1, -0.05) is 17.7 Å². The standard InChI is InChI=1S/C18H17NO2S/c1-12-3-2-4-15(9-12)22-11-17(20)14-5-7-16-13(10-14)6-8-18(21)19-16/h2-5,7,9-10H,6,8,11H2,1H3,(H,19,21). The van der Waals surface area contributed by atoms with Crippen molar-refractivity contribution in [3.63, 3.8) is 0 Å². The predicted molar refractivity (Wildman–Crippen MR) is 89.6 cm³/mol. The van der Waals surface area contributed by atoms with E-state index in [1.165, 1.54) is 5.56 Å². The highest BCUT2D eigenvalue weighted by atomic mass is 32.2. The minimum atomic E-state index is 0.0431. The lowest BCUT2D eigenvalue weighted by atomic mass is 9.99. The molecule has 4 heteroatoms. The van der Waals surface area contributed by atoms with Gasteiger partial charge in [-0.05, 0) is 49.2 Å². The van der Waals surface area contributed by atoms with E-state index in [9.17, 15) is 9.59 Å². The Morgan fingerprint density at radius 1 is 1.18 bits per heavy atom. The average molecular weight is 311 g/mol. The highest BCUT2D eigenvalue weighted by molar-refractivity contribution is 8.00. The van der Waals surface area contributed by atoms with Crippen LogP contribution in [0.4, 0.5) is 5.69 Å². The Morgan fingerprint density at radius 3 is 2.86 bits per heavy atom. The number of thioether (sulfide) groups is 1. The van der Waals surface area contributed by atoms with Crippen LogP contribution in [0.2, 0.25) is 0 Å². The number of Topliss-reactive ketones (excluding diaryl/α,β-unsaturated/α-hetero) is 1. The molecule has 1 aliphatic rings. The molecule has 3 nitrogen and oxygen atoms in total. The van der Waals surface area contributed by atoms with Gasteiger partial charge in [0.25, 0.3) is 0 Å². The Hall–Kier alpha value is -2.07. The zero-order valence-corrected chi connectivity index (χ0v) is 13.2. The van der Waals surface area contributed by atoms with Crippen LogP contribution in [0.3, 0.4) is 0 Å². The Bertz CT molecular complexity index is 740. The van der Waals surface area contributed by atoms with Crippen LogP contribution in [-0.4, -0.2) is 17.4 Å². The molecule has 2 aromatic carbocycles. The minimum Gasteiger partial charge on any atom is -0.326 e. The molecule has 0 spiro atoms. The van der Waals surface area contributed by atoms with Gasteiger partial charge in [-0.3, -0.25) is 9.59 Å². The summed E-state index contributed by atoms with van der Waals surface area (Å²) in [6, 6.07) is 13.7. The van der Waals surface area contributed by atoms with Crippen molar-refractivity contribution >= 4 is 29.1 Å². The van der Waals surface area contributed by atoms with Gasteiger partial charge in [-0.15, -0.1) is 11.8 Å². The fourth-order valence-corrected chi connectivity index (χ4v) is 3.40. The van der Waals surface area contributed by atoms with E-state index >= 15 is 0 Å². The van der Waals surface area contributed by atoms with Crippen molar-refractivity contribution in [3.8, 4) is 0 Å². The molecule has 0 fully saturated rings. The van der Waals surface area contributed by atoms with E-state index in [0.29, 0.717) is 18.6 Å². The number of carbonyl (C=O) groups is 2. The van der Waals surface area contributed by atoms with Gasteiger partial charge in [0.05, 0.1) is 5.75 Å². The summed E-state index contributed by atoms with van der Waals surface area (Å²) in [4.78, 5) is 24.8. The third-order valence-corrected chi connectivity index (χ3v) is 4.68. The van der Waals surface area contributed by atoms with E-state index < -0.39 is 0 Å². The number of aryl methyl sites for hydroxylation is 2. The summed E-state index contributed by atoms with van der Waals surface area (Å²) in [6.07, 6.45) is 1.19. The van der Waals surface area contributed by atoms with Gasteiger partial charge in [0.15, 0.2) is 5.78 Å². The summed E-state index contributed by atoms with van der Waals surface area (Å²) in [5.74, 6) is 0.585. The minimum absolute atomic E-state index is 0.0431. The number of fused-ring (bicyclic) bond motifs is 1. The van der Waals surface area contributed by atoms with Crippen LogP contribution < -0.4 is 5.32 Å². The summed E-state index contributed by atoms with van der Waals surface area (Å²) in [5.41, 5.74) is 3.79. The molecular weight excluding hydrogens is 294 g/mol. The molecule has 112 valence electrons. The van der Waals surface area contributed by atoms with Crippen LogP contribution in [0.1, 0.15) is 27.9 Å². The van der Waals surface area contributed by atoms with Gasteiger partial charge >= 0.3 is 0 Å². The molecule has 2 aromatic rings. The zero-order valence-electron chi connectivity index (χ0n) is 12.4. The molecule has 0 bridgehead atoms. The van der Waals surface area contributed by atoms with Crippen molar-refractivity contribution in [2.45, 2.75) is 24.7 Å². The summed E-state index contributed by atoms with van der Waals surface area (Å²) in [6.45, 7) is 2.05. The maximum atomic E-state index is 12.3. The molecule has 1 amide bonds. The SMILES string of the molecule is Cc1cccc(SCC(=O)c2ccc3c(c2)CCC(=O)N3)c1. The summed E-state index contributed by atoms with van der Waals surface area (Å²) in [5, 5.41) is 2.83. The predicted octanol–water partition coefficient (Wildman–Crippen LogP) is 3.85. The summed E-state index contributed by atoms with van der Waals surface area (Å²) >= 11 is 1.56. The number of anilines is 1. The van der Waals surface area contributed by atoms with Crippen molar-refractivity contribution in [3.05, 3.63) is 59.2 Å². The first-order chi connectivity index (χ1) is 10.6. The number of nitrogens with one attached hydrogen (secondary N) is 1. The zero-order chi connectivity index (χ0) is 15.5. The third kappa shape index (κ3) is 3.39. The highest BCUT2D eigenvalue weighted by Crippen LogP contribution is 2.25. The van der Waals surface area contributed by atoms with Crippen LogP contribution in [-0.2, 0) is 11.2 Å². The smallest absolute Gasteiger partial charge is 0.224 e. The Labute approximate surface area is 134 Å². The largest absolute Gasteiger partial charge is 0.326 e. The molecule has 3 rings (SSSR count). The molecular formula is C18H17NO2S. The van der Waals surface area contributed by atoms with E-state index in [1.807, 2.05) is 37.3 Å². The lowest BCUT2D eigenvalue weighted by Gasteiger charge is -2.17. The Morgan fingerprint density at radius 2 is 2.05 bits per heavy atom. The van der Waals surface area contributed by atoms with Crippen LogP contribution in [0.15, 0.2) is 47.4 Å². The van der Waals surface area contributed by atoms with Crippen molar-refractivity contribution in [2.75, 3.05) is 11.1 Å². The maximum absolute atomic E-state index is 12.3. The number of ketones is 1. The molecule has 1 N–H and O–H groups in total. The normalized spacial score (nSPS) is 13.4. The van der Waals surface area contributed by atoms with Crippen LogP contribution >= 0.6 is 11.8 Å². The van der Waals surface area contributed by atoms with E-state index in [2.05, 4.69) is 11.4 Å². The molecule has 0 unspecified atom stereocenters. The lowest BCUT2D eigenvalue weighted by molar-refractivity contribution is -0.116. The van der Waals surface area contributed by atoms with Gasteiger partial charge < -0.3 is 5.32 Å². The third-order valence-electron chi connectivity index (χ3n) is 3.68. The van der Waals surface area contributed by atoms with Crippen molar-refractivity contribution in [2.24, 2.45) is 0 Å². The molecule has 0 aromatic heterocycles. The molecule has 0 radical (unpaired) electrons. The van der Waals surface area contributed by atoms with Crippen LogP contribution in [0, 0.1) is 6.92 Å². The highest BCUT2D eigenvalue weighted by Gasteiger charge is 2.16. The fraction of sp³-hybridized carbons (Fsp3) is 0.222. The van der Waals surface area contributed by atoms with E-state index in [4.69, 9.17) is 0 Å². The van der Waals surface area contributed by atoms with Gasteiger partial charge in [-0.2, -0.15) is 0 Å². The Kier molecular flexibility index (Phi) is 4.29. The first-order valence-electron chi connectivity index (χ1n) is 7.27. The van der Waals surface area contributed by atoms with Gasteiger partial charge in [0.2, 0.25) is 5.91 Å². The maximum Gasteiger partial charge on any atom is 0.224 e. The second-order valence-electron chi connectivity index (χ2n) is 5.45. The number of hydrogen-bond acceptors (Lipinski definition) is 3. The molecule has 1 heterocycles. The second-order valence-corrected chi connectivity index (χ2v) is 6.50. The first-order valence-corrected chi connectivity index (χ1v) is 8.26. The van der Waals surface area contributed by atoms with E-state index in [-0.39, 0.29) is 11.7 Å². The monoisotopic (exact) mass is 311 g/mol. The number of rotatable bonds is 4. The fourth-order valence-electron chi connectivity index (χ4n) is 2.49. The van der Waals surface area contributed by atoms with E-state index in [1.54, 1.807) is 17.8 Å². The van der Waals surface area contributed by atoms with E-state index in [0.717, 1.165) is 21.7 Å². The molecule has 0 atom stereocenters. The van der Waals surface area contributed by atoms with Gasteiger partial charge in [0.1, 0.15) is 0 Å². The van der Waals surface area contributed by atoms with Crippen molar-refractivity contribution < 1.29 is 9.59 Å².